The molecule has 0 saturated carbocycles. The van der Waals surface area contributed by atoms with E-state index >= 15 is 0 Å². The molecule has 0 saturated heterocycles. The predicted molar refractivity (Wildman–Crippen MR) is 152 cm³/mol. The van der Waals surface area contributed by atoms with Crippen LogP contribution < -0.4 is 14.9 Å². The Morgan fingerprint density at radius 1 is 0.811 bits per heavy atom. The van der Waals surface area contributed by atoms with Gasteiger partial charge in [-0.2, -0.15) is 5.10 Å². The van der Waals surface area contributed by atoms with Gasteiger partial charge in [-0.05, 0) is 70.0 Å². The lowest BCUT2D eigenvalue weighted by Gasteiger charge is -2.11. The van der Waals surface area contributed by atoms with Gasteiger partial charge in [-0.1, -0.05) is 71.2 Å². The Morgan fingerprint density at radius 2 is 1.51 bits per heavy atom. The molecule has 1 amide bonds. The molecule has 0 bridgehead atoms. The third-order valence-electron chi connectivity index (χ3n) is 5.21. The Kier molecular flexibility index (Phi) is 9.47. The lowest BCUT2D eigenvalue weighted by Crippen LogP contribution is -2.18. The fourth-order valence-electron chi connectivity index (χ4n) is 3.29. The summed E-state index contributed by atoms with van der Waals surface area (Å²) in [4.78, 5) is 12.7. The first kappa shape index (κ1) is 27.0. The van der Waals surface area contributed by atoms with E-state index in [1.807, 2.05) is 36.4 Å². The maximum Gasteiger partial charge on any atom is 0.275 e. The Bertz CT molecular complexity index is 1450. The number of para-hydroxylation sites is 1. The molecule has 0 atom stereocenters. The number of amides is 1. The number of rotatable bonds is 9. The molecule has 37 heavy (non-hydrogen) atoms. The largest absolute Gasteiger partial charge is 0.488 e. The maximum absolute atomic E-state index is 12.7. The number of hydrogen-bond acceptors (Lipinski definition) is 4. The third-order valence-corrected chi connectivity index (χ3v) is 6.78. The zero-order valence-corrected chi connectivity index (χ0v) is 23.1. The molecule has 5 nitrogen and oxygen atoms in total. The molecule has 9 heteroatoms. The normalized spacial score (nSPS) is 10.9. The molecular formula is C28H20BrCl3N2O3. The Labute approximate surface area is 238 Å². The molecular weight excluding hydrogens is 599 g/mol. The topological polar surface area (TPSA) is 59.9 Å². The van der Waals surface area contributed by atoms with Crippen LogP contribution in [0.2, 0.25) is 15.1 Å². The van der Waals surface area contributed by atoms with Crippen molar-refractivity contribution in [1.82, 2.24) is 5.43 Å². The molecule has 1 N–H and O–H groups in total. The minimum Gasteiger partial charge on any atom is -0.488 e. The first-order valence-electron chi connectivity index (χ1n) is 11.1. The molecule has 4 aromatic rings. The Balaban J connectivity index is 1.35. The molecule has 0 aliphatic heterocycles. The van der Waals surface area contributed by atoms with Gasteiger partial charge in [0.1, 0.15) is 24.7 Å². The van der Waals surface area contributed by atoms with E-state index in [4.69, 9.17) is 44.3 Å². The van der Waals surface area contributed by atoms with Crippen molar-refractivity contribution < 1.29 is 14.3 Å². The summed E-state index contributed by atoms with van der Waals surface area (Å²) in [6.45, 7) is 0.524. The molecule has 4 aromatic carbocycles. The molecule has 0 aliphatic rings. The first-order valence-corrected chi connectivity index (χ1v) is 13.0. The molecule has 0 aliphatic carbocycles. The summed E-state index contributed by atoms with van der Waals surface area (Å²) in [5.41, 5.74) is 5.30. The van der Waals surface area contributed by atoms with Crippen LogP contribution in [0.3, 0.4) is 0 Å². The zero-order valence-electron chi connectivity index (χ0n) is 19.3. The third kappa shape index (κ3) is 7.49. The number of hydrogen-bond donors (Lipinski definition) is 1. The lowest BCUT2D eigenvalue weighted by molar-refractivity contribution is 0.0950. The van der Waals surface area contributed by atoms with E-state index in [0.717, 1.165) is 21.2 Å². The first-order chi connectivity index (χ1) is 17.9. The molecule has 0 aromatic heterocycles. The molecule has 0 fully saturated rings. The van der Waals surface area contributed by atoms with Gasteiger partial charge >= 0.3 is 0 Å². The van der Waals surface area contributed by atoms with E-state index in [-0.39, 0.29) is 13.2 Å². The Morgan fingerprint density at radius 3 is 2.27 bits per heavy atom. The van der Waals surface area contributed by atoms with Crippen LogP contribution in [-0.2, 0) is 13.2 Å². The predicted octanol–water partition coefficient (Wildman–Crippen LogP) is 8.33. The van der Waals surface area contributed by atoms with Crippen molar-refractivity contribution in [2.75, 3.05) is 0 Å². The highest BCUT2D eigenvalue weighted by Crippen LogP contribution is 2.28. The van der Waals surface area contributed by atoms with Crippen LogP contribution in [-0.4, -0.2) is 12.1 Å². The molecule has 4 rings (SSSR count). The van der Waals surface area contributed by atoms with E-state index in [0.29, 0.717) is 32.1 Å². The maximum atomic E-state index is 12.7. The van der Waals surface area contributed by atoms with Crippen LogP contribution in [0.5, 0.6) is 11.5 Å². The van der Waals surface area contributed by atoms with Crippen molar-refractivity contribution in [3.8, 4) is 11.5 Å². The number of carbonyl (C=O) groups excluding carboxylic acids is 1. The highest BCUT2D eigenvalue weighted by molar-refractivity contribution is 9.10. The number of benzene rings is 4. The van der Waals surface area contributed by atoms with Crippen LogP contribution in [0, 0.1) is 0 Å². The van der Waals surface area contributed by atoms with Crippen molar-refractivity contribution in [1.29, 1.82) is 0 Å². The summed E-state index contributed by atoms with van der Waals surface area (Å²) in [6, 6.07) is 25.0. The van der Waals surface area contributed by atoms with Gasteiger partial charge in [-0.15, -0.1) is 0 Å². The number of carbonyl (C=O) groups is 1. The summed E-state index contributed by atoms with van der Waals surface area (Å²) in [6.07, 6.45) is 1.54. The van der Waals surface area contributed by atoms with Gasteiger partial charge in [0.2, 0.25) is 0 Å². The van der Waals surface area contributed by atoms with Crippen LogP contribution in [0.1, 0.15) is 27.0 Å². The summed E-state index contributed by atoms with van der Waals surface area (Å²) < 4.78 is 12.4. The molecule has 0 heterocycles. The number of ether oxygens (including phenoxy) is 2. The summed E-state index contributed by atoms with van der Waals surface area (Å²) in [5, 5.41) is 5.79. The standard InChI is InChI=1S/C28H20BrCl3N2O3/c29-23-13-18(9-12-27(23)37-17-20-10-11-21(30)14-25(20)32)15-33-34-28(35)22-6-2-4-8-26(22)36-16-19-5-1-3-7-24(19)31/h1-15H,16-17H2,(H,34,35)/b33-15+. The summed E-state index contributed by atoms with van der Waals surface area (Å²) >= 11 is 21.9. The van der Waals surface area contributed by atoms with Crippen LogP contribution >= 0.6 is 50.7 Å². The minimum absolute atomic E-state index is 0.236. The lowest BCUT2D eigenvalue weighted by atomic mass is 10.2. The minimum atomic E-state index is -0.398. The fraction of sp³-hybridized carbons (Fsp3) is 0.0714. The van der Waals surface area contributed by atoms with Crippen molar-refractivity contribution in [3.63, 3.8) is 0 Å². The second-order valence-corrected chi connectivity index (χ2v) is 9.89. The smallest absolute Gasteiger partial charge is 0.275 e. The van der Waals surface area contributed by atoms with Crippen LogP contribution in [0.15, 0.2) is 94.5 Å². The van der Waals surface area contributed by atoms with Gasteiger partial charge in [-0.25, -0.2) is 5.43 Å². The quantitative estimate of drug-likeness (QED) is 0.152. The van der Waals surface area contributed by atoms with Crippen molar-refractivity contribution in [3.05, 3.63) is 127 Å². The molecule has 188 valence electrons. The van der Waals surface area contributed by atoms with E-state index in [1.54, 1.807) is 48.5 Å². The van der Waals surface area contributed by atoms with Crippen LogP contribution in [0.25, 0.3) is 0 Å². The second-order valence-electron chi connectivity index (χ2n) is 7.79. The van der Waals surface area contributed by atoms with Gasteiger partial charge in [-0.3, -0.25) is 4.79 Å². The van der Waals surface area contributed by atoms with Gasteiger partial charge in [0, 0.05) is 26.2 Å². The van der Waals surface area contributed by atoms with E-state index in [2.05, 4.69) is 26.5 Å². The summed E-state index contributed by atoms with van der Waals surface area (Å²) in [5.74, 6) is 0.668. The SMILES string of the molecule is O=C(N/N=C/c1ccc(OCc2ccc(Cl)cc2Cl)c(Br)c1)c1ccccc1OCc1ccccc1Cl. The molecule has 0 unspecified atom stereocenters. The van der Waals surface area contributed by atoms with Gasteiger partial charge < -0.3 is 9.47 Å². The van der Waals surface area contributed by atoms with E-state index < -0.39 is 5.91 Å². The zero-order chi connectivity index (χ0) is 26.2. The highest BCUT2D eigenvalue weighted by atomic mass is 79.9. The van der Waals surface area contributed by atoms with Gasteiger partial charge in [0.05, 0.1) is 16.3 Å². The second kappa shape index (κ2) is 13.0. The van der Waals surface area contributed by atoms with Crippen molar-refractivity contribution in [2.24, 2.45) is 5.10 Å². The molecule has 0 radical (unpaired) electrons. The fourth-order valence-corrected chi connectivity index (χ4v) is 4.45. The van der Waals surface area contributed by atoms with Crippen LogP contribution in [0.4, 0.5) is 0 Å². The number of hydrazone groups is 1. The van der Waals surface area contributed by atoms with Crippen molar-refractivity contribution in [2.45, 2.75) is 13.2 Å². The highest BCUT2D eigenvalue weighted by Gasteiger charge is 2.12. The van der Waals surface area contributed by atoms with Crippen molar-refractivity contribution >= 4 is 62.9 Å². The monoisotopic (exact) mass is 616 g/mol. The van der Waals surface area contributed by atoms with Gasteiger partial charge in [0.15, 0.2) is 0 Å². The number of nitrogens with zero attached hydrogens (tertiary/aromatic N) is 1. The Hall–Kier alpha value is -3.03. The molecule has 0 spiro atoms. The number of nitrogens with one attached hydrogen (secondary N) is 1. The average Bonchev–Trinajstić information content (AvgIpc) is 2.89. The van der Waals surface area contributed by atoms with E-state index in [9.17, 15) is 4.79 Å². The summed E-state index contributed by atoms with van der Waals surface area (Å²) in [7, 11) is 0. The average molecular weight is 619 g/mol. The number of halogens is 4. The van der Waals surface area contributed by atoms with E-state index in [1.165, 1.54) is 6.21 Å². The van der Waals surface area contributed by atoms with Gasteiger partial charge in [0.25, 0.3) is 5.91 Å².